The summed E-state index contributed by atoms with van der Waals surface area (Å²) in [6.45, 7) is 0. The fourth-order valence-corrected chi connectivity index (χ4v) is 5.23. The highest BCUT2D eigenvalue weighted by molar-refractivity contribution is 9.11. The zero-order valence-corrected chi connectivity index (χ0v) is 23.8. The van der Waals surface area contributed by atoms with Crippen LogP contribution < -0.4 is 15.5 Å². The van der Waals surface area contributed by atoms with Crippen LogP contribution in [-0.2, 0) is 4.79 Å². The molecular weight excluding hydrogens is 653 g/mol. The van der Waals surface area contributed by atoms with Gasteiger partial charge in [-0.1, -0.05) is 46.3 Å². The minimum absolute atomic E-state index is 0.0170. The zero-order valence-electron chi connectivity index (χ0n) is 19.9. The Morgan fingerprint density at radius 2 is 1.69 bits per heavy atom. The second-order valence-corrected chi connectivity index (χ2v) is 10.5. The molecule has 0 bridgehead atoms. The van der Waals surface area contributed by atoms with Crippen molar-refractivity contribution in [2.75, 3.05) is 0 Å². The maximum absolute atomic E-state index is 13.6. The van der Waals surface area contributed by atoms with Crippen molar-refractivity contribution in [2.24, 2.45) is 5.10 Å². The lowest BCUT2D eigenvalue weighted by atomic mass is 10.2. The number of hydrazone groups is 1. The van der Waals surface area contributed by atoms with E-state index in [1.807, 2.05) is 11.4 Å². The van der Waals surface area contributed by atoms with Crippen LogP contribution in [0.25, 0.3) is 6.08 Å². The Balaban J connectivity index is 1.54. The van der Waals surface area contributed by atoms with Gasteiger partial charge in [-0.05, 0) is 75.9 Å². The fraction of sp³-hybridized carbons (Fsp3) is 0. The van der Waals surface area contributed by atoms with Gasteiger partial charge in [0.15, 0.2) is 5.75 Å². The van der Waals surface area contributed by atoms with Crippen molar-refractivity contribution < 1.29 is 23.5 Å². The molecule has 0 aliphatic carbocycles. The molecule has 4 aromatic rings. The van der Waals surface area contributed by atoms with E-state index < -0.39 is 23.6 Å². The van der Waals surface area contributed by atoms with Gasteiger partial charge in [-0.2, -0.15) is 5.10 Å². The summed E-state index contributed by atoms with van der Waals surface area (Å²) < 4.78 is 20.1. The maximum Gasteiger partial charge on any atom is 0.343 e. The van der Waals surface area contributed by atoms with E-state index in [2.05, 4.69) is 47.7 Å². The number of carbonyl (C=O) groups excluding carboxylic acids is 3. The Kier molecular flexibility index (Phi) is 9.53. The number of nitrogens with zero attached hydrogens (tertiary/aromatic N) is 1. The quantitative estimate of drug-likeness (QED) is 0.0731. The second kappa shape index (κ2) is 13.2. The average molecular weight is 671 g/mol. The smallest absolute Gasteiger partial charge is 0.343 e. The number of esters is 1. The first kappa shape index (κ1) is 28.1. The van der Waals surface area contributed by atoms with Crippen LogP contribution in [0, 0.1) is 5.82 Å². The normalized spacial score (nSPS) is 11.3. The van der Waals surface area contributed by atoms with Gasteiger partial charge in [0, 0.05) is 20.5 Å². The third-order valence-corrected chi connectivity index (χ3v) is 6.89. The van der Waals surface area contributed by atoms with Gasteiger partial charge >= 0.3 is 5.97 Å². The fourth-order valence-electron chi connectivity index (χ4n) is 3.23. The van der Waals surface area contributed by atoms with E-state index >= 15 is 0 Å². The predicted octanol–water partition coefficient (Wildman–Crippen LogP) is 6.55. The van der Waals surface area contributed by atoms with Crippen molar-refractivity contribution >= 4 is 73.3 Å². The van der Waals surface area contributed by atoms with Crippen LogP contribution in [0.2, 0.25) is 0 Å². The topological polar surface area (TPSA) is 96.9 Å². The first-order valence-electron chi connectivity index (χ1n) is 11.2. The summed E-state index contributed by atoms with van der Waals surface area (Å²) in [4.78, 5) is 39.1. The Labute approximate surface area is 243 Å². The number of ether oxygens (including phenoxy) is 1. The summed E-state index contributed by atoms with van der Waals surface area (Å²) in [5, 5.41) is 8.47. The lowest BCUT2D eigenvalue weighted by Crippen LogP contribution is -2.32. The van der Waals surface area contributed by atoms with E-state index in [-0.39, 0.29) is 17.0 Å². The second-order valence-electron chi connectivity index (χ2n) is 7.80. The molecule has 2 amide bonds. The van der Waals surface area contributed by atoms with E-state index in [1.165, 1.54) is 41.8 Å². The lowest BCUT2D eigenvalue weighted by Gasteiger charge is -2.11. The Morgan fingerprint density at radius 3 is 2.41 bits per heavy atom. The van der Waals surface area contributed by atoms with E-state index in [0.717, 1.165) is 10.9 Å². The molecule has 0 atom stereocenters. The van der Waals surface area contributed by atoms with E-state index in [4.69, 9.17) is 4.74 Å². The summed E-state index contributed by atoms with van der Waals surface area (Å²) in [5.74, 6) is -2.37. The zero-order chi connectivity index (χ0) is 27.8. The number of hydrogen-bond donors (Lipinski definition) is 2. The highest BCUT2D eigenvalue weighted by atomic mass is 79.9. The summed E-state index contributed by atoms with van der Waals surface area (Å²) in [5.41, 5.74) is 3.12. The molecule has 3 aromatic carbocycles. The van der Waals surface area contributed by atoms with Crippen molar-refractivity contribution in [3.63, 3.8) is 0 Å². The van der Waals surface area contributed by atoms with Crippen LogP contribution >= 0.6 is 43.2 Å². The number of hydrogen-bond acceptors (Lipinski definition) is 6. The van der Waals surface area contributed by atoms with Crippen LogP contribution in [0.3, 0.4) is 0 Å². The van der Waals surface area contributed by atoms with Gasteiger partial charge in [-0.15, -0.1) is 11.3 Å². The third kappa shape index (κ3) is 7.79. The predicted molar refractivity (Wildman–Crippen MR) is 155 cm³/mol. The average Bonchev–Trinajstić information content (AvgIpc) is 3.43. The lowest BCUT2D eigenvalue weighted by molar-refractivity contribution is -0.117. The van der Waals surface area contributed by atoms with Crippen molar-refractivity contribution in [1.82, 2.24) is 10.7 Å². The highest BCUT2D eigenvalue weighted by Gasteiger charge is 2.17. The van der Waals surface area contributed by atoms with Gasteiger partial charge in [0.1, 0.15) is 11.5 Å². The van der Waals surface area contributed by atoms with Gasteiger partial charge in [0.2, 0.25) is 0 Å². The molecule has 11 heteroatoms. The molecule has 196 valence electrons. The third-order valence-electron chi connectivity index (χ3n) is 5.02. The molecule has 0 saturated heterocycles. The standard InChI is InChI=1S/C28H18Br2FN3O4S/c29-20-12-19(25(23(30)14-20)38-28(37)18-8-4-9-21(31)13-18)16-32-34-27(36)24(15-22-10-5-11-39-22)33-26(35)17-6-2-1-3-7-17/h1-16H,(H,33,35)(H,34,36)/b24-15+,32-16+. The summed E-state index contributed by atoms with van der Waals surface area (Å²) in [6, 6.07) is 20.5. The Bertz CT molecular complexity index is 1580. The molecule has 0 radical (unpaired) electrons. The minimum Gasteiger partial charge on any atom is -0.421 e. The Hall–Kier alpha value is -3.93. The van der Waals surface area contributed by atoms with Crippen LogP contribution in [-0.4, -0.2) is 24.0 Å². The molecule has 2 N–H and O–H groups in total. The van der Waals surface area contributed by atoms with Crippen molar-refractivity contribution in [1.29, 1.82) is 0 Å². The summed E-state index contributed by atoms with van der Waals surface area (Å²) in [7, 11) is 0. The van der Waals surface area contributed by atoms with Crippen molar-refractivity contribution in [3.8, 4) is 5.75 Å². The number of amides is 2. The van der Waals surface area contributed by atoms with Gasteiger partial charge in [-0.3, -0.25) is 9.59 Å². The minimum atomic E-state index is -0.777. The molecule has 0 saturated carbocycles. The molecule has 0 unspecified atom stereocenters. The van der Waals surface area contributed by atoms with Gasteiger partial charge < -0.3 is 10.1 Å². The largest absolute Gasteiger partial charge is 0.421 e. The van der Waals surface area contributed by atoms with Crippen LogP contribution in [0.4, 0.5) is 4.39 Å². The molecule has 1 heterocycles. The highest BCUT2D eigenvalue weighted by Crippen LogP contribution is 2.32. The van der Waals surface area contributed by atoms with Crippen molar-refractivity contribution in [3.05, 3.63) is 126 Å². The van der Waals surface area contributed by atoms with Gasteiger partial charge in [0.25, 0.3) is 11.8 Å². The van der Waals surface area contributed by atoms with Gasteiger partial charge in [0.05, 0.1) is 16.3 Å². The first-order valence-corrected chi connectivity index (χ1v) is 13.7. The number of halogens is 3. The molecule has 0 spiro atoms. The SMILES string of the molecule is O=C(N/N=C/c1cc(Br)cc(Br)c1OC(=O)c1cccc(F)c1)/C(=C\c1cccs1)NC(=O)c1ccccc1. The molecule has 0 fully saturated rings. The maximum atomic E-state index is 13.6. The number of thiophene rings is 1. The molecular formula is C28H18Br2FN3O4S. The molecule has 4 rings (SSSR count). The van der Waals surface area contributed by atoms with E-state index in [1.54, 1.807) is 48.5 Å². The van der Waals surface area contributed by atoms with Crippen LogP contribution in [0.15, 0.2) is 104 Å². The first-order chi connectivity index (χ1) is 18.8. The molecule has 7 nitrogen and oxygen atoms in total. The molecule has 0 aliphatic heterocycles. The monoisotopic (exact) mass is 669 g/mol. The Morgan fingerprint density at radius 1 is 0.923 bits per heavy atom. The van der Waals surface area contributed by atoms with Gasteiger partial charge in [-0.25, -0.2) is 14.6 Å². The summed E-state index contributed by atoms with van der Waals surface area (Å²) in [6.07, 6.45) is 2.82. The van der Waals surface area contributed by atoms with Crippen molar-refractivity contribution in [2.45, 2.75) is 0 Å². The van der Waals surface area contributed by atoms with E-state index in [9.17, 15) is 18.8 Å². The van der Waals surface area contributed by atoms with E-state index in [0.29, 0.717) is 20.1 Å². The number of carbonyl (C=O) groups is 3. The molecule has 39 heavy (non-hydrogen) atoms. The molecule has 0 aliphatic rings. The number of benzene rings is 3. The number of nitrogens with one attached hydrogen (secondary N) is 2. The number of rotatable bonds is 8. The molecule has 1 aromatic heterocycles. The van der Waals surface area contributed by atoms with Crippen LogP contribution in [0.1, 0.15) is 31.2 Å². The van der Waals surface area contributed by atoms with Crippen LogP contribution in [0.5, 0.6) is 5.75 Å². The summed E-state index contributed by atoms with van der Waals surface area (Å²) >= 11 is 8.12.